The molecule has 2 fully saturated rings. The molecule has 3 rings (SSSR count). The van der Waals surface area contributed by atoms with Crippen molar-refractivity contribution in [3.8, 4) is 0 Å². The van der Waals surface area contributed by atoms with Gasteiger partial charge in [-0.05, 0) is 31.4 Å². The van der Waals surface area contributed by atoms with Gasteiger partial charge in [0.25, 0.3) is 5.91 Å². The Hall–Kier alpha value is -2.52. The molecule has 1 unspecified atom stereocenters. The van der Waals surface area contributed by atoms with Crippen LogP contribution in [0.5, 0.6) is 0 Å². The van der Waals surface area contributed by atoms with E-state index in [1.807, 2.05) is 0 Å². The first-order valence-corrected chi connectivity index (χ1v) is 8.35. The number of amides is 1. The van der Waals surface area contributed by atoms with E-state index in [1.165, 1.54) is 4.90 Å². The summed E-state index contributed by atoms with van der Waals surface area (Å²) in [7, 11) is 0. The molecular weight excluding hydrogens is 344 g/mol. The molecule has 9 nitrogen and oxygen atoms in total. The molecule has 0 bridgehead atoms. The van der Waals surface area contributed by atoms with E-state index >= 15 is 0 Å². The minimum Gasteiger partial charge on any atom is -0.478 e. The van der Waals surface area contributed by atoms with Gasteiger partial charge in [-0.1, -0.05) is 6.07 Å². The van der Waals surface area contributed by atoms with Crippen molar-refractivity contribution in [1.82, 2.24) is 4.98 Å². The summed E-state index contributed by atoms with van der Waals surface area (Å²) in [5.41, 5.74) is -0.501. The molecule has 9 heteroatoms. The molecule has 0 radical (unpaired) electrons. The predicted molar refractivity (Wildman–Crippen MR) is 87.3 cm³/mol. The number of pyridine rings is 1. The summed E-state index contributed by atoms with van der Waals surface area (Å²) in [6.07, 6.45) is -1.07. The van der Waals surface area contributed by atoms with Crippen LogP contribution in [0.1, 0.15) is 31.9 Å². The molecule has 0 aromatic carbocycles. The van der Waals surface area contributed by atoms with Gasteiger partial charge in [0.1, 0.15) is 11.4 Å². The van der Waals surface area contributed by atoms with Crippen LogP contribution in [0.2, 0.25) is 0 Å². The van der Waals surface area contributed by atoms with Gasteiger partial charge in [0.05, 0.1) is 18.8 Å². The van der Waals surface area contributed by atoms with Gasteiger partial charge in [0.2, 0.25) is 6.10 Å². The molecule has 1 amide bonds. The average Bonchev–Trinajstić information content (AvgIpc) is 2.58. The topological polar surface area (TPSA) is 126 Å². The van der Waals surface area contributed by atoms with Crippen molar-refractivity contribution in [3.63, 3.8) is 0 Å². The van der Waals surface area contributed by atoms with Gasteiger partial charge in [0.15, 0.2) is 6.10 Å². The van der Waals surface area contributed by atoms with Crippen molar-refractivity contribution in [2.45, 2.75) is 44.0 Å². The fourth-order valence-electron chi connectivity index (χ4n) is 3.07. The van der Waals surface area contributed by atoms with Crippen LogP contribution in [-0.2, 0) is 29.5 Å². The van der Waals surface area contributed by atoms with Crippen molar-refractivity contribution in [2.24, 2.45) is 0 Å². The molecule has 140 valence electrons. The van der Waals surface area contributed by atoms with Crippen LogP contribution in [0, 0.1) is 0 Å². The lowest BCUT2D eigenvalue weighted by Gasteiger charge is -2.37. The smallest absolute Gasteiger partial charge is 0.348 e. The van der Waals surface area contributed by atoms with E-state index in [-0.39, 0.29) is 13.2 Å². The van der Waals surface area contributed by atoms with Crippen LogP contribution in [0.15, 0.2) is 18.2 Å². The number of esters is 1. The lowest BCUT2D eigenvalue weighted by atomic mass is 9.77. The lowest BCUT2D eigenvalue weighted by molar-refractivity contribution is -0.177. The molecule has 0 spiro atoms. The highest BCUT2D eigenvalue weighted by Crippen LogP contribution is 2.40. The largest absolute Gasteiger partial charge is 0.478 e. The highest BCUT2D eigenvalue weighted by atomic mass is 16.6. The van der Waals surface area contributed by atoms with Crippen LogP contribution in [-0.4, -0.2) is 58.4 Å². The Balaban J connectivity index is 1.84. The minimum atomic E-state index is -1.73. The Morgan fingerprint density at radius 2 is 2.15 bits per heavy atom. The number of carbonyl (C=O) groups excluding carboxylic acids is 2. The van der Waals surface area contributed by atoms with Crippen LogP contribution in [0.3, 0.4) is 0 Å². The number of hydrogen-bond acceptors (Lipinski definition) is 7. The third kappa shape index (κ3) is 3.40. The van der Waals surface area contributed by atoms with E-state index in [4.69, 9.17) is 9.47 Å². The van der Waals surface area contributed by atoms with Crippen LogP contribution >= 0.6 is 0 Å². The summed E-state index contributed by atoms with van der Waals surface area (Å²) in [5.74, 6) is -2.65. The van der Waals surface area contributed by atoms with Gasteiger partial charge in [-0.25, -0.2) is 9.78 Å². The summed E-state index contributed by atoms with van der Waals surface area (Å²) >= 11 is 0. The van der Waals surface area contributed by atoms with Crippen LogP contribution in [0.25, 0.3) is 0 Å². The third-order valence-corrected chi connectivity index (χ3v) is 4.60. The molecular formula is C17H20N2O7. The van der Waals surface area contributed by atoms with Crippen LogP contribution in [0.4, 0.5) is 5.82 Å². The molecule has 1 aromatic heterocycles. The average molecular weight is 364 g/mol. The fourth-order valence-corrected chi connectivity index (χ4v) is 3.07. The van der Waals surface area contributed by atoms with E-state index in [9.17, 15) is 24.6 Å². The fraction of sp³-hybridized carbons (Fsp3) is 0.529. The first kappa shape index (κ1) is 18.3. The number of anilines is 1. The summed E-state index contributed by atoms with van der Waals surface area (Å²) < 4.78 is 10.0. The standard InChI is InChI=1S/C17H20N2O7/c1-10(20)26-14(16(22)23)13-15(21)19(8-9-25-13)12-5-2-4-11(18-12)17(24)6-3-7-17/h2,4-5,13-14,24H,3,6-9H2,1H3,(H,22,23)/t13-,14?/m1/s1. The molecule has 1 aliphatic heterocycles. The molecule has 1 saturated carbocycles. The van der Waals surface area contributed by atoms with Gasteiger partial charge in [-0.15, -0.1) is 0 Å². The molecule has 2 heterocycles. The molecule has 1 aromatic rings. The lowest BCUT2D eigenvalue weighted by Crippen LogP contribution is -2.56. The zero-order chi connectivity index (χ0) is 18.9. The van der Waals surface area contributed by atoms with E-state index in [2.05, 4.69) is 4.98 Å². The summed E-state index contributed by atoms with van der Waals surface area (Å²) in [4.78, 5) is 40.9. The van der Waals surface area contributed by atoms with Crippen LogP contribution < -0.4 is 4.90 Å². The maximum Gasteiger partial charge on any atom is 0.348 e. The third-order valence-electron chi connectivity index (χ3n) is 4.60. The molecule has 2 aliphatic rings. The second-order valence-corrected chi connectivity index (χ2v) is 6.42. The molecule has 1 aliphatic carbocycles. The number of ether oxygens (including phenoxy) is 2. The van der Waals surface area contributed by atoms with Crippen molar-refractivity contribution in [2.75, 3.05) is 18.1 Å². The second kappa shape index (κ2) is 7.00. The molecule has 26 heavy (non-hydrogen) atoms. The van der Waals surface area contributed by atoms with E-state index in [1.54, 1.807) is 18.2 Å². The zero-order valence-corrected chi connectivity index (χ0v) is 14.3. The number of nitrogens with zero attached hydrogens (tertiary/aromatic N) is 2. The number of carboxylic acids is 1. The summed E-state index contributed by atoms with van der Waals surface area (Å²) in [6, 6.07) is 4.99. The first-order valence-electron chi connectivity index (χ1n) is 8.35. The Bertz CT molecular complexity index is 732. The van der Waals surface area contributed by atoms with Crippen molar-refractivity contribution in [3.05, 3.63) is 23.9 Å². The van der Waals surface area contributed by atoms with Gasteiger partial charge in [-0.2, -0.15) is 0 Å². The van der Waals surface area contributed by atoms with Crippen molar-refractivity contribution >= 4 is 23.7 Å². The maximum atomic E-state index is 12.7. The Morgan fingerprint density at radius 1 is 1.42 bits per heavy atom. The molecule has 2 atom stereocenters. The first-order chi connectivity index (χ1) is 12.3. The number of aromatic nitrogens is 1. The number of morpholine rings is 1. The Labute approximate surface area is 149 Å². The number of hydrogen-bond donors (Lipinski definition) is 2. The highest BCUT2D eigenvalue weighted by Gasteiger charge is 2.43. The van der Waals surface area contributed by atoms with Gasteiger partial charge < -0.3 is 19.7 Å². The van der Waals surface area contributed by atoms with E-state index < -0.39 is 35.7 Å². The van der Waals surface area contributed by atoms with Gasteiger partial charge >= 0.3 is 11.9 Å². The van der Waals surface area contributed by atoms with Gasteiger partial charge in [-0.3, -0.25) is 14.5 Å². The Kier molecular flexibility index (Phi) is 4.92. The second-order valence-electron chi connectivity index (χ2n) is 6.42. The number of carboxylic acid groups (broad SMARTS) is 1. The van der Waals surface area contributed by atoms with Crippen molar-refractivity contribution in [1.29, 1.82) is 0 Å². The quantitative estimate of drug-likeness (QED) is 0.710. The SMILES string of the molecule is CC(=O)OC(C(=O)O)[C@H]1OCCN(c2cccc(C3(O)CCC3)n2)C1=O. The number of rotatable bonds is 5. The van der Waals surface area contributed by atoms with Gasteiger partial charge in [0, 0.05) is 6.92 Å². The van der Waals surface area contributed by atoms with E-state index in [0.29, 0.717) is 24.4 Å². The number of aliphatic hydroxyl groups is 1. The molecule has 2 N–H and O–H groups in total. The number of aliphatic carboxylic acids is 1. The summed E-state index contributed by atoms with van der Waals surface area (Å²) in [5, 5.41) is 19.7. The monoisotopic (exact) mass is 364 g/mol. The summed E-state index contributed by atoms with van der Waals surface area (Å²) in [6.45, 7) is 1.31. The zero-order valence-electron chi connectivity index (χ0n) is 14.3. The number of carbonyl (C=O) groups is 3. The van der Waals surface area contributed by atoms with E-state index in [0.717, 1.165) is 13.3 Å². The minimum absolute atomic E-state index is 0.0671. The normalized spacial score (nSPS) is 23.1. The molecule has 1 saturated heterocycles. The van der Waals surface area contributed by atoms with Crippen molar-refractivity contribution < 1.29 is 34.1 Å². The highest BCUT2D eigenvalue weighted by molar-refractivity contribution is 5.99. The Morgan fingerprint density at radius 3 is 2.73 bits per heavy atom. The maximum absolute atomic E-state index is 12.7. The predicted octanol–water partition coefficient (Wildman–Crippen LogP) is 0.201.